The van der Waals surface area contributed by atoms with Crippen LogP contribution in [0.5, 0.6) is 5.75 Å². The molecule has 1 amide bonds. The SMILES string of the molecule is CCOc1ccc(NC(=O)c2cc(-c3ccncc3)n[nH]2)cc1. The second kappa shape index (κ2) is 6.74. The van der Waals surface area contributed by atoms with Crippen LogP contribution in [-0.2, 0) is 0 Å². The van der Waals surface area contributed by atoms with E-state index in [-0.39, 0.29) is 5.91 Å². The van der Waals surface area contributed by atoms with Crippen molar-refractivity contribution in [2.75, 3.05) is 11.9 Å². The quantitative estimate of drug-likeness (QED) is 0.759. The van der Waals surface area contributed by atoms with Gasteiger partial charge in [0.2, 0.25) is 0 Å². The number of H-pyrrole nitrogens is 1. The standard InChI is InChI=1S/C17H16N4O2/c1-2-23-14-5-3-13(4-6-14)19-17(22)16-11-15(20-21-16)12-7-9-18-10-8-12/h3-11H,2H2,1H3,(H,19,22)(H,20,21). The van der Waals surface area contributed by atoms with Gasteiger partial charge >= 0.3 is 0 Å². The molecule has 3 rings (SSSR count). The molecule has 0 aliphatic heterocycles. The van der Waals surface area contributed by atoms with Crippen molar-refractivity contribution in [2.45, 2.75) is 6.92 Å². The van der Waals surface area contributed by atoms with Crippen molar-refractivity contribution in [1.82, 2.24) is 15.2 Å². The molecular weight excluding hydrogens is 292 g/mol. The van der Waals surface area contributed by atoms with E-state index in [1.54, 1.807) is 30.6 Å². The number of ether oxygens (including phenoxy) is 1. The largest absolute Gasteiger partial charge is 0.494 e. The van der Waals surface area contributed by atoms with Gasteiger partial charge in [-0.1, -0.05) is 0 Å². The topological polar surface area (TPSA) is 79.9 Å². The minimum Gasteiger partial charge on any atom is -0.494 e. The Labute approximate surface area is 133 Å². The Hall–Kier alpha value is -3.15. The zero-order chi connectivity index (χ0) is 16.1. The Morgan fingerprint density at radius 3 is 2.61 bits per heavy atom. The van der Waals surface area contributed by atoms with Crippen molar-refractivity contribution >= 4 is 11.6 Å². The lowest BCUT2D eigenvalue weighted by molar-refractivity contribution is 0.102. The second-order valence-electron chi connectivity index (χ2n) is 4.81. The Kier molecular flexibility index (Phi) is 4.33. The number of anilines is 1. The van der Waals surface area contributed by atoms with Gasteiger partial charge in [-0.05, 0) is 49.4 Å². The van der Waals surface area contributed by atoms with Crippen LogP contribution in [0, 0.1) is 0 Å². The molecule has 3 aromatic rings. The van der Waals surface area contributed by atoms with Crippen molar-refractivity contribution in [3.05, 3.63) is 60.6 Å². The van der Waals surface area contributed by atoms with Gasteiger partial charge in [0.05, 0.1) is 12.3 Å². The summed E-state index contributed by atoms with van der Waals surface area (Å²) >= 11 is 0. The molecule has 2 N–H and O–H groups in total. The first-order chi connectivity index (χ1) is 11.3. The van der Waals surface area contributed by atoms with E-state index in [1.807, 2.05) is 31.2 Å². The van der Waals surface area contributed by atoms with Gasteiger partial charge < -0.3 is 10.1 Å². The van der Waals surface area contributed by atoms with Gasteiger partial charge in [-0.2, -0.15) is 5.10 Å². The van der Waals surface area contributed by atoms with Gasteiger partial charge in [0.25, 0.3) is 5.91 Å². The highest BCUT2D eigenvalue weighted by molar-refractivity contribution is 6.03. The molecule has 0 saturated heterocycles. The van der Waals surface area contributed by atoms with Crippen molar-refractivity contribution in [1.29, 1.82) is 0 Å². The van der Waals surface area contributed by atoms with Gasteiger partial charge in [-0.3, -0.25) is 14.9 Å². The number of amides is 1. The number of nitrogens with zero attached hydrogens (tertiary/aromatic N) is 2. The first-order valence-corrected chi connectivity index (χ1v) is 7.26. The number of aromatic amines is 1. The molecule has 23 heavy (non-hydrogen) atoms. The summed E-state index contributed by atoms with van der Waals surface area (Å²) in [5.74, 6) is 0.522. The van der Waals surface area contributed by atoms with Crippen molar-refractivity contribution in [3.63, 3.8) is 0 Å². The van der Waals surface area contributed by atoms with E-state index in [0.29, 0.717) is 23.7 Å². The number of aromatic nitrogens is 3. The number of benzene rings is 1. The van der Waals surface area contributed by atoms with Crippen LogP contribution in [0.3, 0.4) is 0 Å². The Balaban J connectivity index is 1.70. The Bertz CT molecular complexity index is 782. The number of carbonyl (C=O) groups is 1. The third-order valence-electron chi connectivity index (χ3n) is 3.22. The molecule has 6 nitrogen and oxygen atoms in total. The summed E-state index contributed by atoms with van der Waals surface area (Å²) in [6, 6.07) is 12.6. The monoisotopic (exact) mass is 308 g/mol. The number of hydrogen-bond acceptors (Lipinski definition) is 4. The summed E-state index contributed by atoms with van der Waals surface area (Å²) in [5.41, 5.74) is 2.69. The van der Waals surface area contributed by atoms with Crippen LogP contribution in [-0.4, -0.2) is 27.7 Å². The van der Waals surface area contributed by atoms with Crippen molar-refractivity contribution in [2.24, 2.45) is 0 Å². The third kappa shape index (κ3) is 3.55. The minimum absolute atomic E-state index is 0.248. The van der Waals surface area contributed by atoms with Crippen LogP contribution in [0.4, 0.5) is 5.69 Å². The lowest BCUT2D eigenvalue weighted by atomic mass is 10.2. The van der Waals surface area contributed by atoms with Gasteiger partial charge in [-0.15, -0.1) is 0 Å². The Morgan fingerprint density at radius 1 is 1.17 bits per heavy atom. The van der Waals surface area contributed by atoms with E-state index in [1.165, 1.54) is 0 Å². The van der Waals surface area contributed by atoms with Gasteiger partial charge in [-0.25, -0.2) is 0 Å². The molecule has 0 bridgehead atoms. The molecular formula is C17H16N4O2. The number of nitrogens with one attached hydrogen (secondary N) is 2. The second-order valence-corrected chi connectivity index (χ2v) is 4.81. The molecule has 2 heterocycles. The summed E-state index contributed by atoms with van der Waals surface area (Å²) < 4.78 is 5.37. The highest BCUT2D eigenvalue weighted by Crippen LogP contribution is 2.18. The minimum atomic E-state index is -0.248. The van der Waals surface area contributed by atoms with Crippen molar-refractivity contribution < 1.29 is 9.53 Å². The van der Waals surface area contributed by atoms with Crippen LogP contribution in [0.1, 0.15) is 17.4 Å². The molecule has 0 spiro atoms. The fourth-order valence-corrected chi connectivity index (χ4v) is 2.11. The van der Waals surface area contributed by atoms with Crippen LogP contribution in [0.15, 0.2) is 54.9 Å². The van der Waals surface area contributed by atoms with E-state index in [9.17, 15) is 4.79 Å². The average Bonchev–Trinajstić information content (AvgIpc) is 3.08. The molecule has 0 fully saturated rings. The van der Waals surface area contributed by atoms with E-state index in [4.69, 9.17) is 4.74 Å². The molecule has 1 aromatic carbocycles. The van der Waals surface area contributed by atoms with E-state index in [2.05, 4.69) is 20.5 Å². The number of rotatable bonds is 5. The summed E-state index contributed by atoms with van der Waals surface area (Å²) in [6.45, 7) is 2.53. The lowest BCUT2D eigenvalue weighted by Crippen LogP contribution is -2.12. The van der Waals surface area contributed by atoms with Gasteiger partial charge in [0.15, 0.2) is 0 Å². The third-order valence-corrected chi connectivity index (χ3v) is 3.22. The maximum absolute atomic E-state index is 12.2. The molecule has 2 aromatic heterocycles. The maximum atomic E-state index is 12.2. The van der Waals surface area contributed by atoms with Crippen LogP contribution < -0.4 is 10.1 Å². The lowest BCUT2D eigenvalue weighted by Gasteiger charge is -2.06. The van der Waals surface area contributed by atoms with E-state index >= 15 is 0 Å². The summed E-state index contributed by atoms with van der Waals surface area (Å²) in [5, 5.41) is 9.72. The molecule has 116 valence electrons. The molecule has 6 heteroatoms. The number of pyridine rings is 1. The van der Waals surface area contributed by atoms with E-state index < -0.39 is 0 Å². The molecule has 0 saturated carbocycles. The van der Waals surface area contributed by atoms with Crippen molar-refractivity contribution in [3.8, 4) is 17.0 Å². The zero-order valence-corrected chi connectivity index (χ0v) is 12.6. The highest BCUT2D eigenvalue weighted by atomic mass is 16.5. The first-order valence-electron chi connectivity index (χ1n) is 7.26. The Morgan fingerprint density at radius 2 is 1.91 bits per heavy atom. The predicted molar refractivity (Wildman–Crippen MR) is 87.4 cm³/mol. The zero-order valence-electron chi connectivity index (χ0n) is 12.6. The number of carbonyl (C=O) groups excluding carboxylic acids is 1. The smallest absolute Gasteiger partial charge is 0.273 e. The summed E-state index contributed by atoms with van der Waals surface area (Å²) in [6.07, 6.45) is 3.37. The maximum Gasteiger partial charge on any atom is 0.273 e. The first kappa shape index (κ1) is 14.8. The van der Waals surface area contributed by atoms with E-state index in [0.717, 1.165) is 11.3 Å². The fourth-order valence-electron chi connectivity index (χ4n) is 2.11. The fraction of sp³-hybridized carbons (Fsp3) is 0.118. The highest BCUT2D eigenvalue weighted by Gasteiger charge is 2.11. The van der Waals surface area contributed by atoms with Crippen LogP contribution >= 0.6 is 0 Å². The summed E-state index contributed by atoms with van der Waals surface area (Å²) in [7, 11) is 0. The van der Waals surface area contributed by atoms with Gasteiger partial charge in [0, 0.05) is 23.6 Å². The molecule has 0 aliphatic carbocycles. The predicted octanol–water partition coefficient (Wildman–Crippen LogP) is 3.12. The molecule has 0 aliphatic rings. The molecule has 0 atom stereocenters. The van der Waals surface area contributed by atoms with Crippen LogP contribution in [0.25, 0.3) is 11.3 Å². The number of hydrogen-bond donors (Lipinski definition) is 2. The average molecular weight is 308 g/mol. The van der Waals surface area contributed by atoms with Crippen LogP contribution in [0.2, 0.25) is 0 Å². The summed E-state index contributed by atoms with van der Waals surface area (Å²) in [4.78, 5) is 16.2. The molecule has 0 radical (unpaired) electrons. The van der Waals surface area contributed by atoms with Gasteiger partial charge in [0.1, 0.15) is 11.4 Å². The molecule has 0 unspecified atom stereocenters. The normalized spacial score (nSPS) is 10.3.